The van der Waals surface area contributed by atoms with Crippen LogP contribution in [0.3, 0.4) is 0 Å². The Hall–Kier alpha value is -2.65. The Labute approximate surface area is 163 Å². The zero-order valence-corrected chi connectivity index (χ0v) is 16.7. The van der Waals surface area contributed by atoms with Gasteiger partial charge in [-0.25, -0.2) is 13.1 Å². The lowest BCUT2D eigenvalue weighted by Crippen LogP contribution is -2.32. The zero-order chi connectivity index (χ0) is 20.5. The molecule has 1 N–H and O–H groups in total. The van der Waals surface area contributed by atoms with Crippen molar-refractivity contribution in [3.8, 4) is 11.5 Å². The van der Waals surface area contributed by atoms with E-state index in [-0.39, 0.29) is 22.1 Å². The highest BCUT2D eigenvalue weighted by Gasteiger charge is 2.28. The molecule has 1 aliphatic rings. The first-order valence-corrected chi connectivity index (χ1v) is 10.3. The molecule has 0 radical (unpaired) electrons. The monoisotopic (exact) mass is 406 g/mol. The van der Waals surface area contributed by atoms with Gasteiger partial charge < -0.3 is 9.47 Å². The van der Waals surface area contributed by atoms with E-state index in [4.69, 9.17) is 9.47 Å². The molecule has 9 heteroatoms. The van der Waals surface area contributed by atoms with Crippen molar-refractivity contribution in [3.63, 3.8) is 0 Å². The third kappa shape index (κ3) is 3.95. The van der Waals surface area contributed by atoms with Gasteiger partial charge in [-0.2, -0.15) is 0 Å². The SMILES string of the molecule is Cc1c([N+](=O)[O-])cccc1S(=O)(=O)NC(c1ccc2c(c1)OCCO2)C(C)C. The van der Waals surface area contributed by atoms with Crippen molar-refractivity contribution in [2.24, 2.45) is 5.92 Å². The molecule has 0 amide bonds. The standard InChI is InChI=1S/C19H22N2O6S/c1-12(2)19(14-7-8-16-17(11-14)27-10-9-26-16)20-28(24,25)18-6-4-5-15(13(18)3)21(22)23/h4-8,11-12,19-20H,9-10H2,1-3H3. The number of nitrogens with one attached hydrogen (secondary N) is 1. The lowest BCUT2D eigenvalue weighted by molar-refractivity contribution is -0.385. The van der Waals surface area contributed by atoms with Gasteiger partial charge in [-0.1, -0.05) is 26.0 Å². The fourth-order valence-corrected chi connectivity index (χ4v) is 4.80. The minimum atomic E-state index is -3.99. The summed E-state index contributed by atoms with van der Waals surface area (Å²) in [5.74, 6) is 1.12. The Morgan fingerprint density at radius 1 is 1.11 bits per heavy atom. The van der Waals surface area contributed by atoms with Crippen LogP contribution in [0, 0.1) is 23.0 Å². The van der Waals surface area contributed by atoms with Crippen molar-refractivity contribution < 1.29 is 22.8 Å². The second-order valence-electron chi connectivity index (χ2n) is 6.90. The van der Waals surface area contributed by atoms with Gasteiger partial charge in [0.15, 0.2) is 11.5 Å². The number of nitro benzene ring substituents is 1. The highest BCUT2D eigenvalue weighted by atomic mass is 32.2. The molecule has 0 fully saturated rings. The summed E-state index contributed by atoms with van der Waals surface area (Å²) in [4.78, 5) is 10.5. The maximum absolute atomic E-state index is 13.0. The molecule has 3 rings (SSSR count). The Balaban J connectivity index is 1.97. The maximum Gasteiger partial charge on any atom is 0.273 e. The quantitative estimate of drug-likeness (QED) is 0.582. The fraction of sp³-hybridized carbons (Fsp3) is 0.368. The summed E-state index contributed by atoms with van der Waals surface area (Å²) in [6, 6.07) is 8.80. The van der Waals surface area contributed by atoms with Crippen LogP contribution in [0.25, 0.3) is 0 Å². The van der Waals surface area contributed by atoms with Crippen molar-refractivity contribution in [2.45, 2.75) is 31.7 Å². The molecular formula is C19H22N2O6S. The van der Waals surface area contributed by atoms with Gasteiger partial charge in [0.25, 0.3) is 5.69 Å². The molecule has 0 bridgehead atoms. The van der Waals surface area contributed by atoms with Crippen LogP contribution in [0.15, 0.2) is 41.3 Å². The normalized spacial score (nSPS) is 14.7. The van der Waals surface area contributed by atoms with Crippen molar-refractivity contribution >= 4 is 15.7 Å². The van der Waals surface area contributed by atoms with E-state index in [0.717, 1.165) is 5.56 Å². The summed E-state index contributed by atoms with van der Waals surface area (Å²) in [6.45, 7) is 6.12. The molecule has 8 nitrogen and oxygen atoms in total. The number of rotatable bonds is 6. The molecule has 0 saturated heterocycles. The summed E-state index contributed by atoms with van der Waals surface area (Å²) in [5.41, 5.74) is 0.596. The average molecular weight is 406 g/mol. The third-order valence-corrected chi connectivity index (χ3v) is 6.20. The van der Waals surface area contributed by atoms with Crippen LogP contribution in [0.4, 0.5) is 5.69 Å². The number of hydrogen-bond donors (Lipinski definition) is 1. The number of benzene rings is 2. The Morgan fingerprint density at radius 2 is 1.79 bits per heavy atom. The van der Waals surface area contributed by atoms with E-state index in [1.165, 1.54) is 25.1 Å². The largest absolute Gasteiger partial charge is 0.486 e. The molecule has 1 atom stereocenters. The van der Waals surface area contributed by atoms with Crippen molar-refractivity contribution in [2.75, 3.05) is 13.2 Å². The first-order chi connectivity index (χ1) is 13.2. The zero-order valence-electron chi connectivity index (χ0n) is 15.8. The summed E-state index contributed by atoms with van der Waals surface area (Å²) in [5, 5.41) is 11.2. The number of nitrogens with zero attached hydrogens (tertiary/aromatic N) is 1. The first kappa shape index (κ1) is 20.1. The smallest absolute Gasteiger partial charge is 0.273 e. The van der Waals surface area contributed by atoms with Gasteiger partial charge >= 0.3 is 0 Å². The number of nitro groups is 1. The Morgan fingerprint density at radius 3 is 2.43 bits per heavy atom. The lowest BCUT2D eigenvalue weighted by Gasteiger charge is -2.25. The van der Waals surface area contributed by atoms with Gasteiger partial charge in [-0.15, -0.1) is 0 Å². The number of hydrogen-bond acceptors (Lipinski definition) is 6. The molecule has 0 spiro atoms. The van der Waals surface area contributed by atoms with Gasteiger partial charge in [0, 0.05) is 17.7 Å². The Kier molecular flexibility index (Phi) is 5.57. The third-order valence-electron chi connectivity index (χ3n) is 4.62. The number of ether oxygens (including phenoxy) is 2. The van der Waals surface area contributed by atoms with E-state index in [9.17, 15) is 18.5 Å². The van der Waals surface area contributed by atoms with Crippen LogP contribution in [0.5, 0.6) is 11.5 Å². The maximum atomic E-state index is 13.0. The van der Waals surface area contributed by atoms with E-state index in [0.29, 0.717) is 24.7 Å². The minimum absolute atomic E-state index is 0.0728. The molecule has 1 heterocycles. The van der Waals surface area contributed by atoms with E-state index >= 15 is 0 Å². The summed E-state index contributed by atoms with van der Waals surface area (Å²) in [6.07, 6.45) is 0. The Bertz CT molecular complexity index is 1000. The van der Waals surface area contributed by atoms with Crippen LogP contribution in [-0.2, 0) is 10.0 Å². The molecule has 0 aliphatic carbocycles. The molecule has 0 saturated carbocycles. The fourth-order valence-electron chi connectivity index (χ4n) is 3.16. The highest BCUT2D eigenvalue weighted by Crippen LogP contribution is 2.35. The molecule has 1 unspecified atom stereocenters. The van der Waals surface area contributed by atoms with Crippen LogP contribution in [0.1, 0.15) is 31.0 Å². The number of fused-ring (bicyclic) bond motifs is 1. The van der Waals surface area contributed by atoms with Crippen molar-refractivity contribution in [3.05, 3.63) is 57.6 Å². The van der Waals surface area contributed by atoms with E-state index < -0.39 is 21.0 Å². The molecule has 150 valence electrons. The highest BCUT2D eigenvalue weighted by molar-refractivity contribution is 7.89. The minimum Gasteiger partial charge on any atom is -0.486 e. The lowest BCUT2D eigenvalue weighted by atomic mass is 9.97. The van der Waals surface area contributed by atoms with Gasteiger partial charge in [0.1, 0.15) is 13.2 Å². The topological polar surface area (TPSA) is 108 Å². The first-order valence-electron chi connectivity index (χ1n) is 8.86. The van der Waals surface area contributed by atoms with Crippen molar-refractivity contribution in [1.29, 1.82) is 0 Å². The van der Waals surface area contributed by atoms with Crippen LogP contribution in [-0.4, -0.2) is 26.6 Å². The van der Waals surface area contributed by atoms with Gasteiger partial charge in [-0.3, -0.25) is 10.1 Å². The van der Waals surface area contributed by atoms with Crippen molar-refractivity contribution in [1.82, 2.24) is 4.72 Å². The predicted octanol–water partition coefficient (Wildman–Crippen LogP) is 3.35. The summed E-state index contributed by atoms with van der Waals surface area (Å²) in [7, 11) is -3.99. The van der Waals surface area contributed by atoms with Crippen LogP contribution in [0.2, 0.25) is 0 Å². The average Bonchev–Trinajstić information content (AvgIpc) is 2.65. The molecule has 1 aliphatic heterocycles. The van der Waals surface area contributed by atoms with E-state index in [2.05, 4.69) is 4.72 Å². The van der Waals surface area contributed by atoms with Crippen LogP contribution >= 0.6 is 0 Å². The molecule has 0 aromatic heterocycles. The second kappa shape index (κ2) is 7.76. The molecule has 2 aromatic carbocycles. The second-order valence-corrected chi connectivity index (χ2v) is 8.59. The van der Waals surface area contributed by atoms with E-state index in [1.807, 2.05) is 13.8 Å². The van der Waals surface area contributed by atoms with Gasteiger partial charge in [-0.05, 0) is 36.6 Å². The summed E-state index contributed by atoms with van der Waals surface area (Å²) < 4.78 is 39.8. The molecule has 2 aromatic rings. The van der Waals surface area contributed by atoms with Gasteiger partial charge in [0.2, 0.25) is 10.0 Å². The van der Waals surface area contributed by atoms with Crippen LogP contribution < -0.4 is 14.2 Å². The summed E-state index contributed by atoms with van der Waals surface area (Å²) >= 11 is 0. The molecule has 28 heavy (non-hydrogen) atoms. The molecular weight excluding hydrogens is 384 g/mol. The number of sulfonamides is 1. The van der Waals surface area contributed by atoms with Gasteiger partial charge in [0.05, 0.1) is 9.82 Å². The predicted molar refractivity (Wildman–Crippen MR) is 103 cm³/mol. The van der Waals surface area contributed by atoms with E-state index in [1.54, 1.807) is 18.2 Å².